The predicted octanol–water partition coefficient (Wildman–Crippen LogP) is 10.5. The van der Waals surface area contributed by atoms with Gasteiger partial charge in [0, 0.05) is 19.4 Å². The molecule has 0 aromatic heterocycles. The molecule has 0 aliphatic rings. The second kappa shape index (κ2) is 32.1. The van der Waals surface area contributed by atoms with Crippen molar-refractivity contribution in [1.82, 2.24) is 0 Å². The standard InChI is InChI=1S/C34H64O4/c1-2-3-4-5-6-7-8-9-10-12-15-18-21-24-27-30-33(36)38-34(37)31-28-25-22-19-16-13-11-14-17-20-23-26-29-32-35/h9-10,35H,2-8,11-32H2,1H3/b10-9-. The first-order valence-corrected chi connectivity index (χ1v) is 16.7. The van der Waals surface area contributed by atoms with E-state index in [0.717, 1.165) is 51.4 Å². The Morgan fingerprint density at radius 3 is 1.16 bits per heavy atom. The molecule has 1 N–H and O–H groups in total. The number of hydrogen-bond donors (Lipinski definition) is 1. The highest BCUT2D eigenvalue weighted by Crippen LogP contribution is 2.14. The van der Waals surface area contributed by atoms with Gasteiger partial charge in [0.2, 0.25) is 0 Å². The summed E-state index contributed by atoms with van der Waals surface area (Å²) in [6.45, 7) is 2.59. The quantitative estimate of drug-likeness (QED) is 0.0429. The van der Waals surface area contributed by atoms with E-state index in [1.807, 2.05) is 0 Å². The average molecular weight is 537 g/mol. The van der Waals surface area contributed by atoms with Crippen LogP contribution in [0.1, 0.15) is 187 Å². The third-order valence-corrected chi connectivity index (χ3v) is 7.41. The molecule has 0 aromatic rings. The normalized spacial score (nSPS) is 11.4. The Balaban J connectivity index is 3.33. The van der Waals surface area contributed by atoms with Gasteiger partial charge in [-0.2, -0.15) is 0 Å². The van der Waals surface area contributed by atoms with Crippen LogP contribution >= 0.6 is 0 Å². The number of allylic oxidation sites excluding steroid dienone is 2. The van der Waals surface area contributed by atoms with E-state index in [0.29, 0.717) is 19.4 Å². The van der Waals surface area contributed by atoms with Gasteiger partial charge in [-0.05, 0) is 44.9 Å². The molecule has 0 aliphatic carbocycles. The highest BCUT2D eigenvalue weighted by molar-refractivity contribution is 5.85. The molecule has 0 aliphatic heterocycles. The monoisotopic (exact) mass is 536 g/mol. The minimum absolute atomic E-state index is 0.331. The molecule has 0 unspecified atom stereocenters. The average Bonchev–Trinajstić information content (AvgIpc) is 2.91. The highest BCUT2D eigenvalue weighted by atomic mass is 16.6. The van der Waals surface area contributed by atoms with Gasteiger partial charge in [0.05, 0.1) is 0 Å². The van der Waals surface area contributed by atoms with Gasteiger partial charge >= 0.3 is 11.9 Å². The topological polar surface area (TPSA) is 63.6 Å². The van der Waals surface area contributed by atoms with E-state index in [-0.39, 0.29) is 11.9 Å². The Morgan fingerprint density at radius 2 is 0.789 bits per heavy atom. The fraction of sp³-hybridized carbons (Fsp3) is 0.882. The lowest BCUT2D eigenvalue weighted by Gasteiger charge is -2.04. The number of unbranched alkanes of at least 4 members (excludes halogenated alkanes) is 23. The van der Waals surface area contributed by atoms with Crippen LogP contribution < -0.4 is 0 Å². The first-order chi connectivity index (χ1) is 18.7. The molecule has 0 saturated carbocycles. The Hall–Kier alpha value is -1.16. The number of carbonyl (C=O) groups is 2. The van der Waals surface area contributed by atoms with Crippen molar-refractivity contribution in [2.75, 3.05) is 6.61 Å². The molecule has 38 heavy (non-hydrogen) atoms. The minimum atomic E-state index is -0.346. The maximum absolute atomic E-state index is 11.9. The number of esters is 2. The zero-order valence-electron chi connectivity index (χ0n) is 25.3. The Bertz CT molecular complexity index is 529. The largest absolute Gasteiger partial charge is 0.396 e. The Morgan fingerprint density at radius 1 is 0.474 bits per heavy atom. The molecule has 0 rings (SSSR count). The summed E-state index contributed by atoms with van der Waals surface area (Å²) in [5.74, 6) is -0.692. The Kier molecular flexibility index (Phi) is 31.1. The molecule has 0 fully saturated rings. The van der Waals surface area contributed by atoms with Crippen molar-refractivity contribution in [1.29, 1.82) is 0 Å². The van der Waals surface area contributed by atoms with E-state index in [9.17, 15) is 9.59 Å². The van der Waals surface area contributed by atoms with E-state index in [1.165, 1.54) is 116 Å². The zero-order valence-corrected chi connectivity index (χ0v) is 25.3. The molecular weight excluding hydrogens is 472 g/mol. The zero-order chi connectivity index (χ0) is 27.8. The van der Waals surface area contributed by atoms with Crippen molar-refractivity contribution < 1.29 is 19.4 Å². The third kappa shape index (κ3) is 31.1. The van der Waals surface area contributed by atoms with Crippen molar-refractivity contribution in [3.8, 4) is 0 Å². The molecule has 0 amide bonds. The molecule has 0 aromatic carbocycles. The SMILES string of the molecule is CCCCCCCC/C=C\CCCCCCCC(=O)OC(=O)CCCCCCCCCCCCCCCO. The van der Waals surface area contributed by atoms with Gasteiger partial charge < -0.3 is 9.84 Å². The summed E-state index contributed by atoms with van der Waals surface area (Å²) < 4.78 is 4.98. The summed E-state index contributed by atoms with van der Waals surface area (Å²) in [5, 5.41) is 8.76. The summed E-state index contributed by atoms with van der Waals surface area (Å²) in [6.07, 6.45) is 36.9. The van der Waals surface area contributed by atoms with Crippen molar-refractivity contribution in [3.63, 3.8) is 0 Å². The smallest absolute Gasteiger partial charge is 0.313 e. The highest BCUT2D eigenvalue weighted by Gasteiger charge is 2.09. The first kappa shape index (κ1) is 36.8. The van der Waals surface area contributed by atoms with Crippen LogP contribution in [0.3, 0.4) is 0 Å². The summed E-state index contributed by atoms with van der Waals surface area (Å²) >= 11 is 0. The van der Waals surface area contributed by atoms with Gasteiger partial charge in [0.15, 0.2) is 0 Å². The number of ether oxygens (including phenoxy) is 1. The van der Waals surface area contributed by atoms with E-state index in [4.69, 9.17) is 9.84 Å². The number of carbonyl (C=O) groups excluding carboxylic acids is 2. The second-order valence-electron chi connectivity index (χ2n) is 11.3. The molecule has 4 heteroatoms. The van der Waals surface area contributed by atoms with Crippen LogP contribution in [0.5, 0.6) is 0 Å². The van der Waals surface area contributed by atoms with E-state index in [1.54, 1.807) is 0 Å². The van der Waals surface area contributed by atoms with E-state index < -0.39 is 0 Å². The van der Waals surface area contributed by atoms with Crippen molar-refractivity contribution in [3.05, 3.63) is 12.2 Å². The molecule has 224 valence electrons. The third-order valence-electron chi connectivity index (χ3n) is 7.41. The van der Waals surface area contributed by atoms with Crippen LogP contribution in [0.25, 0.3) is 0 Å². The molecule has 0 bridgehead atoms. The van der Waals surface area contributed by atoms with Gasteiger partial charge in [-0.15, -0.1) is 0 Å². The first-order valence-electron chi connectivity index (χ1n) is 16.7. The van der Waals surface area contributed by atoms with Crippen molar-refractivity contribution >= 4 is 11.9 Å². The number of aliphatic hydroxyl groups excluding tert-OH is 1. The maximum Gasteiger partial charge on any atom is 0.313 e. The van der Waals surface area contributed by atoms with Gasteiger partial charge in [-0.3, -0.25) is 9.59 Å². The molecule has 0 heterocycles. The fourth-order valence-corrected chi connectivity index (χ4v) is 4.89. The summed E-state index contributed by atoms with van der Waals surface area (Å²) in [6, 6.07) is 0. The number of rotatable bonds is 30. The van der Waals surface area contributed by atoms with Gasteiger partial charge in [-0.1, -0.05) is 141 Å². The molecule has 0 atom stereocenters. The van der Waals surface area contributed by atoms with Crippen LogP contribution in [0, 0.1) is 0 Å². The van der Waals surface area contributed by atoms with Crippen LogP contribution in [0.4, 0.5) is 0 Å². The summed E-state index contributed by atoms with van der Waals surface area (Å²) in [5.41, 5.74) is 0. The predicted molar refractivity (Wildman–Crippen MR) is 162 cm³/mol. The van der Waals surface area contributed by atoms with Crippen molar-refractivity contribution in [2.24, 2.45) is 0 Å². The molecule has 0 saturated heterocycles. The lowest BCUT2D eigenvalue weighted by molar-refractivity contribution is -0.159. The number of aliphatic hydroxyl groups is 1. The molecular formula is C34H64O4. The van der Waals surface area contributed by atoms with Crippen molar-refractivity contribution in [2.45, 2.75) is 187 Å². The van der Waals surface area contributed by atoms with Crippen LogP contribution in [-0.4, -0.2) is 23.7 Å². The minimum Gasteiger partial charge on any atom is -0.396 e. The lowest BCUT2D eigenvalue weighted by Crippen LogP contribution is -2.11. The van der Waals surface area contributed by atoms with Crippen LogP contribution in [-0.2, 0) is 14.3 Å². The van der Waals surface area contributed by atoms with Gasteiger partial charge in [0.25, 0.3) is 0 Å². The summed E-state index contributed by atoms with van der Waals surface area (Å²) in [7, 11) is 0. The fourth-order valence-electron chi connectivity index (χ4n) is 4.89. The molecule has 4 nitrogen and oxygen atoms in total. The molecule has 0 spiro atoms. The molecule has 0 radical (unpaired) electrons. The maximum atomic E-state index is 11.9. The number of hydrogen-bond acceptors (Lipinski definition) is 4. The summed E-state index contributed by atoms with van der Waals surface area (Å²) in [4.78, 5) is 23.7. The Labute approximate surface area is 236 Å². The van der Waals surface area contributed by atoms with Gasteiger partial charge in [0.1, 0.15) is 0 Å². The lowest BCUT2D eigenvalue weighted by atomic mass is 10.0. The van der Waals surface area contributed by atoms with Crippen LogP contribution in [0.15, 0.2) is 12.2 Å². The second-order valence-corrected chi connectivity index (χ2v) is 11.3. The van der Waals surface area contributed by atoms with Gasteiger partial charge in [-0.25, -0.2) is 0 Å². The van der Waals surface area contributed by atoms with E-state index >= 15 is 0 Å². The van der Waals surface area contributed by atoms with E-state index in [2.05, 4.69) is 19.1 Å². The van der Waals surface area contributed by atoms with Crippen LogP contribution in [0.2, 0.25) is 0 Å².